The fourth-order valence-corrected chi connectivity index (χ4v) is 9.42. The second-order valence-electron chi connectivity index (χ2n) is 13.7. The Hall–Kier alpha value is -4.70. The number of aromatic hydroxyl groups is 1. The Balaban J connectivity index is 1.24. The number of allylic oxidation sites excluding steroid dienone is 2. The molecule has 2 aliphatic heterocycles. The Labute approximate surface area is 313 Å². The Kier molecular flexibility index (Phi) is 8.24. The molecule has 8 nitrogen and oxygen atoms in total. The molecule has 264 valence electrons. The third kappa shape index (κ3) is 5.00. The fraction of sp³-hybridized carbons (Fsp3) is 0.250. The summed E-state index contributed by atoms with van der Waals surface area (Å²) in [5.74, 6) is -6.93. The van der Waals surface area contributed by atoms with Crippen molar-refractivity contribution in [2.24, 2.45) is 17.8 Å². The molecule has 12 heteroatoms. The average molecular weight is 760 g/mol. The van der Waals surface area contributed by atoms with E-state index in [9.17, 15) is 28.7 Å². The number of hydrogen-bond donors (Lipinski definition) is 1. The van der Waals surface area contributed by atoms with Crippen molar-refractivity contribution in [3.8, 4) is 11.5 Å². The summed E-state index contributed by atoms with van der Waals surface area (Å²) in [6.45, 7) is 2.03. The van der Waals surface area contributed by atoms with E-state index in [1.807, 2.05) is 37.3 Å². The second-order valence-corrected chi connectivity index (χ2v) is 15.3. The molecule has 6 unspecified atom stereocenters. The number of phenols is 1. The van der Waals surface area contributed by atoms with E-state index in [4.69, 9.17) is 39.5 Å². The zero-order valence-electron chi connectivity index (χ0n) is 27.6. The second kappa shape index (κ2) is 12.5. The molecule has 1 saturated carbocycles. The molecule has 2 heterocycles. The van der Waals surface area contributed by atoms with E-state index in [1.54, 1.807) is 36.4 Å². The lowest BCUT2D eigenvalue weighted by atomic mass is 9.56. The van der Waals surface area contributed by atoms with Crippen molar-refractivity contribution in [3.05, 3.63) is 130 Å². The van der Waals surface area contributed by atoms with Crippen molar-refractivity contribution in [2.75, 3.05) is 9.80 Å². The van der Waals surface area contributed by atoms with Crippen LogP contribution < -0.4 is 14.5 Å². The van der Waals surface area contributed by atoms with Gasteiger partial charge in [-0.1, -0.05) is 65.7 Å². The highest BCUT2D eigenvalue weighted by Gasteiger charge is 2.77. The molecule has 0 aromatic heterocycles. The summed E-state index contributed by atoms with van der Waals surface area (Å²) in [6, 6.07) is 23.7. The highest BCUT2D eigenvalue weighted by Crippen LogP contribution is 2.66. The number of carbonyl (C=O) groups excluding carboxylic acids is 4. The Morgan fingerprint density at radius 2 is 1.56 bits per heavy atom. The van der Waals surface area contributed by atoms with Crippen LogP contribution in [0.5, 0.6) is 11.5 Å². The van der Waals surface area contributed by atoms with Gasteiger partial charge < -0.3 is 9.84 Å². The van der Waals surface area contributed by atoms with Crippen LogP contribution in [-0.4, -0.2) is 38.5 Å². The van der Waals surface area contributed by atoms with Gasteiger partial charge in [-0.25, -0.2) is 14.2 Å². The fourth-order valence-electron chi connectivity index (χ4n) is 8.32. The maximum Gasteiger partial charge on any atom is 0.258 e. The lowest BCUT2D eigenvalue weighted by Crippen LogP contribution is -2.60. The normalized spacial score (nSPS) is 28.1. The number of halogens is 4. The monoisotopic (exact) mass is 758 g/mol. The van der Waals surface area contributed by atoms with E-state index in [2.05, 4.69) is 0 Å². The first-order valence-electron chi connectivity index (χ1n) is 16.7. The first-order chi connectivity index (χ1) is 24.8. The van der Waals surface area contributed by atoms with Gasteiger partial charge in [0.1, 0.15) is 23.9 Å². The summed E-state index contributed by atoms with van der Waals surface area (Å²) in [6.07, 6.45) is 1.66. The van der Waals surface area contributed by atoms with Gasteiger partial charge in [0.25, 0.3) is 11.8 Å². The first kappa shape index (κ1) is 34.4. The van der Waals surface area contributed by atoms with Crippen LogP contribution in [0, 0.1) is 30.5 Å². The lowest BCUT2D eigenvalue weighted by molar-refractivity contribution is -0.125. The zero-order chi connectivity index (χ0) is 36.7. The van der Waals surface area contributed by atoms with Crippen LogP contribution in [-0.2, 0) is 25.8 Å². The summed E-state index contributed by atoms with van der Waals surface area (Å²) < 4.78 is 19.9. The van der Waals surface area contributed by atoms with Gasteiger partial charge in [-0.3, -0.25) is 19.2 Å². The van der Waals surface area contributed by atoms with E-state index >= 15 is 0 Å². The standard InChI is InChI=1S/C40H30Cl3FN2O6/c1-21-7-10-25(17-31(21)41)45-35(48)29-16-15-27-30(33(29)36(45)49)19-39(42)37(50)46(24-11-8-23(44)9-12-24)38(51)40(39,43)34(27)28-14-13-26(18-32(28)47)52-20-22-5-3-2-4-6-22/h2-15,17-18,29-30,33-34,47H,16,19-20H2,1H3. The molecule has 0 radical (unpaired) electrons. The summed E-state index contributed by atoms with van der Waals surface area (Å²) in [7, 11) is 0. The molecule has 0 bridgehead atoms. The van der Waals surface area contributed by atoms with Crippen LogP contribution in [0.1, 0.15) is 35.4 Å². The summed E-state index contributed by atoms with van der Waals surface area (Å²) in [5.41, 5.74) is 2.75. The van der Waals surface area contributed by atoms with Crippen molar-refractivity contribution >= 4 is 69.8 Å². The lowest BCUT2D eigenvalue weighted by Gasteiger charge is -2.50. The van der Waals surface area contributed by atoms with Gasteiger partial charge in [-0.2, -0.15) is 0 Å². The number of alkyl halides is 2. The Morgan fingerprint density at radius 3 is 2.25 bits per heavy atom. The van der Waals surface area contributed by atoms with Gasteiger partial charge in [-0.15, -0.1) is 23.2 Å². The molecule has 6 atom stereocenters. The van der Waals surface area contributed by atoms with Gasteiger partial charge in [0.05, 0.1) is 23.2 Å². The molecule has 3 fully saturated rings. The minimum absolute atomic E-state index is 0.0582. The van der Waals surface area contributed by atoms with Crippen LogP contribution in [0.2, 0.25) is 5.02 Å². The van der Waals surface area contributed by atoms with Crippen LogP contribution in [0.15, 0.2) is 103 Å². The SMILES string of the molecule is Cc1ccc(N2C(=O)C3CC=C4C(CC5(Cl)C(=O)N(c6ccc(F)cc6)C(=O)C5(Cl)C4c4ccc(OCc5ccccc5)cc4O)C3C2=O)cc1Cl. The molecular formula is C40H30Cl3FN2O6. The van der Waals surface area contributed by atoms with Crippen molar-refractivity contribution in [3.63, 3.8) is 0 Å². The molecule has 2 aliphatic carbocycles. The molecule has 4 amide bonds. The zero-order valence-corrected chi connectivity index (χ0v) is 29.8. The number of fused-ring (bicyclic) bond motifs is 4. The summed E-state index contributed by atoms with van der Waals surface area (Å²) in [4.78, 5) is 55.0. The molecule has 4 aromatic carbocycles. The number of carbonyl (C=O) groups is 4. The van der Waals surface area contributed by atoms with Crippen molar-refractivity contribution < 1.29 is 33.4 Å². The minimum atomic E-state index is -2.20. The molecule has 8 rings (SSSR count). The van der Waals surface area contributed by atoms with Crippen LogP contribution >= 0.6 is 34.8 Å². The van der Waals surface area contributed by atoms with Crippen molar-refractivity contribution in [2.45, 2.75) is 42.0 Å². The third-order valence-electron chi connectivity index (χ3n) is 10.9. The number of hydrogen-bond acceptors (Lipinski definition) is 6. The number of anilines is 2. The highest BCUT2D eigenvalue weighted by atomic mass is 35.5. The van der Waals surface area contributed by atoms with Crippen LogP contribution in [0.3, 0.4) is 0 Å². The molecule has 1 N–H and O–H groups in total. The summed E-state index contributed by atoms with van der Waals surface area (Å²) >= 11 is 21.3. The smallest absolute Gasteiger partial charge is 0.258 e. The molecule has 4 aromatic rings. The number of benzene rings is 4. The average Bonchev–Trinajstić information content (AvgIpc) is 3.47. The van der Waals surface area contributed by atoms with Crippen molar-refractivity contribution in [1.82, 2.24) is 0 Å². The molecule has 52 heavy (non-hydrogen) atoms. The molecule has 4 aliphatic rings. The molecular weight excluding hydrogens is 730 g/mol. The summed E-state index contributed by atoms with van der Waals surface area (Å²) in [5, 5.41) is 12.0. The first-order valence-corrected chi connectivity index (χ1v) is 17.8. The maximum absolute atomic E-state index is 14.6. The number of phenolic OH excluding ortho intramolecular Hbond substituents is 1. The van der Waals surface area contributed by atoms with Gasteiger partial charge in [0.15, 0.2) is 9.75 Å². The van der Waals surface area contributed by atoms with Gasteiger partial charge in [-0.05, 0) is 79.3 Å². The van der Waals surface area contributed by atoms with Gasteiger partial charge >= 0.3 is 0 Å². The quantitative estimate of drug-likeness (QED) is 0.122. The Bertz CT molecular complexity index is 2210. The van der Waals surface area contributed by atoms with E-state index in [0.29, 0.717) is 22.0 Å². The van der Waals surface area contributed by atoms with E-state index in [1.165, 1.54) is 18.2 Å². The number of ether oxygens (including phenoxy) is 1. The van der Waals surface area contributed by atoms with Gasteiger partial charge in [0, 0.05) is 22.6 Å². The number of nitrogens with zero attached hydrogens (tertiary/aromatic N) is 2. The number of amides is 4. The van der Waals surface area contributed by atoms with E-state index in [-0.39, 0.29) is 36.4 Å². The number of rotatable bonds is 6. The van der Waals surface area contributed by atoms with Gasteiger partial charge in [0.2, 0.25) is 11.8 Å². The van der Waals surface area contributed by atoms with E-state index < -0.39 is 62.9 Å². The van der Waals surface area contributed by atoms with Crippen LogP contribution in [0.25, 0.3) is 0 Å². The van der Waals surface area contributed by atoms with E-state index in [0.717, 1.165) is 33.1 Å². The minimum Gasteiger partial charge on any atom is -0.508 e. The predicted molar refractivity (Wildman–Crippen MR) is 194 cm³/mol. The predicted octanol–water partition coefficient (Wildman–Crippen LogP) is 7.84. The van der Waals surface area contributed by atoms with Crippen LogP contribution in [0.4, 0.5) is 15.8 Å². The largest absolute Gasteiger partial charge is 0.508 e. The van der Waals surface area contributed by atoms with Crippen molar-refractivity contribution in [1.29, 1.82) is 0 Å². The highest BCUT2D eigenvalue weighted by molar-refractivity contribution is 6.58. The molecule has 2 saturated heterocycles. The topological polar surface area (TPSA) is 104 Å². The third-order valence-corrected chi connectivity index (χ3v) is 12.7. The molecule has 0 spiro atoms. The number of imide groups is 2. The Morgan fingerprint density at radius 1 is 0.846 bits per heavy atom. The maximum atomic E-state index is 14.6. The number of aryl methyl sites for hydroxylation is 1.